The number of fused-ring (bicyclic) bond motifs is 1. The van der Waals surface area contributed by atoms with E-state index in [0.717, 1.165) is 19.1 Å². The lowest BCUT2D eigenvalue weighted by Gasteiger charge is -2.23. The fraction of sp³-hybridized carbons (Fsp3) is 1.00. The highest BCUT2D eigenvalue weighted by Crippen LogP contribution is 2.40. The SMILES string of the molecule is CCO[Si](C)(C)OCCCC1CCC2OC2C1. The first-order valence-corrected chi connectivity index (χ1v) is 9.86. The molecule has 100 valence electrons. The van der Waals surface area contributed by atoms with Crippen LogP contribution in [0.2, 0.25) is 13.1 Å². The molecule has 1 saturated carbocycles. The maximum absolute atomic E-state index is 5.88. The van der Waals surface area contributed by atoms with Gasteiger partial charge in [0.2, 0.25) is 0 Å². The molecule has 4 heteroatoms. The van der Waals surface area contributed by atoms with E-state index < -0.39 is 8.56 Å². The van der Waals surface area contributed by atoms with Crippen LogP contribution >= 0.6 is 0 Å². The zero-order valence-electron chi connectivity index (χ0n) is 11.4. The second-order valence-corrected chi connectivity index (χ2v) is 9.09. The molecule has 17 heavy (non-hydrogen) atoms. The summed E-state index contributed by atoms with van der Waals surface area (Å²) in [5, 5.41) is 0. The highest BCUT2D eigenvalue weighted by molar-refractivity contribution is 6.64. The summed E-state index contributed by atoms with van der Waals surface area (Å²) in [6.45, 7) is 7.92. The van der Waals surface area contributed by atoms with Crippen molar-refractivity contribution in [1.82, 2.24) is 0 Å². The minimum atomic E-state index is -1.82. The number of epoxide rings is 1. The van der Waals surface area contributed by atoms with Gasteiger partial charge in [-0.3, -0.25) is 0 Å². The Morgan fingerprint density at radius 3 is 2.71 bits per heavy atom. The second kappa shape index (κ2) is 5.82. The van der Waals surface area contributed by atoms with Gasteiger partial charge in [-0.2, -0.15) is 0 Å². The smallest absolute Gasteiger partial charge is 0.331 e. The predicted octanol–water partition coefficient (Wildman–Crippen LogP) is 3.09. The van der Waals surface area contributed by atoms with E-state index in [2.05, 4.69) is 13.1 Å². The average molecular weight is 258 g/mol. The summed E-state index contributed by atoms with van der Waals surface area (Å²) >= 11 is 0. The molecule has 0 bridgehead atoms. The Bertz CT molecular complexity index is 245. The topological polar surface area (TPSA) is 31.0 Å². The summed E-state index contributed by atoms with van der Waals surface area (Å²) in [7, 11) is -1.82. The Labute approximate surface area is 106 Å². The van der Waals surface area contributed by atoms with Gasteiger partial charge >= 0.3 is 8.56 Å². The van der Waals surface area contributed by atoms with Gasteiger partial charge in [-0.05, 0) is 58.0 Å². The van der Waals surface area contributed by atoms with Crippen LogP contribution in [0.4, 0.5) is 0 Å². The van der Waals surface area contributed by atoms with Gasteiger partial charge in [0.1, 0.15) is 0 Å². The lowest BCUT2D eigenvalue weighted by atomic mass is 9.86. The molecule has 0 amide bonds. The van der Waals surface area contributed by atoms with Crippen LogP contribution in [0, 0.1) is 5.92 Å². The van der Waals surface area contributed by atoms with Crippen molar-refractivity contribution in [3.05, 3.63) is 0 Å². The van der Waals surface area contributed by atoms with Crippen LogP contribution in [0.3, 0.4) is 0 Å². The van der Waals surface area contributed by atoms with Crippen LogP contribution in [0.1, 0.15) is 39.0 Å². The van der Waals surface area contributed by atoms with Crippen molar-refractivity contribution in [2.75, 3.05) is 13.2 Å². The highest BCUT2D eigenvalue weighted by Gasteiger charge is 2.43. The molecule has 1 aliphatic heterocycles. The van der Waals surface area contributed by atoms with Crippen molar-refractivity contribution < 1.29 is 13.6 Å². The van der Waals surface area contributed by atoms with Gasteiger partial charge < -0.3 is 13.6 Å². The normalized spacial score (nSPS) is 32.3. The van der Waals surface area contributed by atoms with E-state index in [1.807, 2.05) is 6.92 Å². The molecule has 0 spiro atoms. The molecular formula is C13H26O3Si. The van der Waals surface area contributed by atoms with Crippen LogP contribution in [0.5, 0.6) is 0 Å². The Balaban J connectivity index is 1.53. The van der Waals surface area contributed by atoms with E-state index in [-0.39, 0.29) is 0 Å². The number of hydrogen-bond donors (Lipinski definition) is 0. The van der Waals surface area contributed by atoms with Gasteiger partial charge in [-0.15, -0.1) is 0 Å². The number of rotatable bonds is 7. The van der Waals surface area contributed by atoms with Crippen molar-refractivity contribution in [3.8, 4) is 0 Å². The van der Waals surface area contributed by atoms with E-state index in [4.69, 9.17) is 13.6 Å². The molecule has 0 N–H and O–H groups in total. The third-order valence-electron chi connectivity index (χ3n) is 3.81. The number of ether oxygens (including phenoxy) is 1. The fourth-order valence-corrected chi connectivity index (χ4v) is 4.24. The molecule has 2 fully saturated rings. The summed E-state index contributed by atoms with van der Waals surface area (Å²) in [6.07, 6.45) is 7.64. The van der Waals surface area contributed by atoms with Gasteiger partial charge in [0.05, 0.1) is 12.2 Å². The molecule has 2 rings (SSSR count). The van der Waals surface area contributed by atoms with Crippen molar-refractivity contribution in [3.63, 3.8) is 0 Å². The average Bonchev–Trinajstić information content (AvgIpc) is 3.02. The largest absolute Gasteiger partial charge is 0.395 e. The minimum absolute atomic E-state index is 0.615. The summed E-state index contributed by atoms with van der Waals surface area (Å²) < 4.78 is 17.1. The molecule has 2 aliphatic rings. The van der Waals surface area contributed by atoms with Crippen molar-refractivity contribution >= 4 is 8.56 Å². The van der Waals surface area contributed by atoms with Crippen molar-refractivity contribution in [2.45, 2.75) is 64.3 Å². The van der Waals surface area contributed by atoms with Gasteiger partial charge in [0, 0.05) is 13.2 Å². The van der Waals surface area contributed by atoms with Crippen LogP contribution in [0.15, 0.2) is 0 Å². The Kier molecular flexibility index (Phi) is 4.63. The minimum Gasteiger partial charge on any atom is -0.395 e. The second-order valence-electron chi connectivity index (χ2n) is 5.72. The van der Waals surface area contributed by atoms with E-state index in [9.17, 15) is 0 Å². The van der Waals surface area contributed by atoms with E-state index in [1.165, 1.54) is 32.1 Å². The van der Waals surface area contributed by atoms with Gasteiger partial charge in [-0.25, -0.2) is 0 Å². The molecule has 3 atom stereocenters. The fourth-order valence-electron chi connectivity index (χ4n) is 2.83. The molecular weight excluding hydrogens is 232 g/mol. The zero-order chi connectivity index (χ0) is 12.3. The predicted molar refractivity (Wildman–Crippen MR) is 70.3 cm³/mol. The first-order valence-electron chi connectivity index (χ1n) is 7.04. The Hall–Kier alpha value is 0.0969. The maximum atomic E-state index is 5.88. The van der Waals surface area contributed by atoms with Crippen LogP contribution in [-0.2, 0) is 13.6 Å². The first-order chi connectivity index (χ1) is 8.11. The molecule has 1 saturated heterocycles. The maximum Gasteiger partial charge on any atom is 0.331 e. The molecule has 0 aromatic heterocycles. The summed E-state index contributed by atoms with van der Waals surface area (Å²) in [4.78, 5) is 0. The first kappa shape index (κ1) is 13.5. The van der Waals surface area contributed by atoms with E-state index in [1.54, 1.807) is 0 Å². The standard InChI is InChI=1S/C13H26O3Si/c1-4-14-17(2,3)15-9-5-6-11-7-8-12-13(10-11)16-12/h11-13H,4-10H2,1-3H3. The van der Waals surface area contributed by atoms with Gasteiger partial charge in [-0.1, -0.05) is 0 Å². The van der Waals surface area contributed by atoms with Crippen molar-refractivity contribution in [2.24, 2.45) is 5.92 Å². The number of hydrogen-bond acceptors (Lipinski definition) is 3. The van der Waals surface area contributed by atoms with Crippen LogP contribution in [0.25, 0.3) is 0 Å². The molecule has 3 nitrogen and oxygen atoms in total. The molecule has 3 unspecified atom stereocenters. The third-order valence-corrected chi connectivity index (χ3v) is 5.69. The lowest BCUT2D eigenvalue weighted by Crippen LogP contribution is -2.35. The quantitative estimate of drug-likeness (QED) is 0.399. The third kappa shape index (κ3) is 4.36. The summed E-state index contributed by atoms with van der Waals surface area (Å²) in [5.74, 6) is 0.874. The molecule has 0 aromatic rings. The van der Waals surface area contributed by atoms with Gasteiger partial charge in [0.25, 0.3) is 0 Å². The van der Waals surface area contributed by atoms with Gasteiger partial charge in [0.15, 0.2) is 0 Å². The highest BCUT2D eigenvalue weighted by atomic mass is 28.4. The molecule has 1 heterocycles. The van der Waals surface area contributed by atoms with Crippen LogP contribution < -0.4 is 0 Å². The Morgan fingerprint density at radius 2 is 2.00 bits per heavy atom. The van der Waals surface area contributed by atoms with Crippen LogP contribution in [-0.4, -0.2) is 34.0 Å². The van der Waals surface area contributed by atoms with Crippen molar-refractivity contribution in [1.29, 1.82) is 0 Å². The summed E-state index contributed by atoms with van der Waals surface area (Å²) in [6, 6.07) is 0. The molecule has 1 aliphatic carbocycles. The zero-order valence-corrected chi connectivity index (χ0v) is 12.4. The molecule has 0 aromatic carbocycles. The molecule has 0 radical (unpaired) electrons. The lowest BCUT2D eigenvalue weighted by molar-refractivity contribution is 0.178. The monoisotopic (exact) mass is 258 g/mol. The van der Waals surface area contributed by atoms with E-state index in [0.29, 0.717) is 12.2 Å². The van der Waals surface area contributed by atoms with E-state index >= 15 is 0 Å². The summed E-state index contributed by atoms with van der Waals surface area (Å²) in [5.41, 5.74) is 0. The Morgan fingerprint density at radius 1 is 1.18 bits per heavy atom.